The van der Waals surface area contributed by atoms with E-state index in [1.165, 1.54) is 48.0 Å². The van der Waals surface area contributed by atoms with E-state index < -0.39 is 0 Å². The highest BCUT2D eigenvalue weighted by Gasteiger charge is 2.24. The number of hydrogen-bond donors (Lipinski definition) is 0. The van der Waals surface area contributed by atoms with E-state index >= 15 is 0 Å². The lowest BCUT2D eigenvalue weighted by atomic mass is 9.90. The average Bonchev–Trinajstić information content (AvgIpc) is 2.78. The predicted molar refractivity (Wildman–Crippen MR) is 84.4 cm³/mol. The number of ether oxygens (including phenoxy) is 1. The lowest BCUT2D eigenvalue weighted by molar-refractivity contribution is 0.132. The van der Waals surface area contributed by atoms with E-state index in [4.69, 9.17) is 4.74 Å². The van der Waals surface area contributed by atoms with Crippen LogP contribution in [0, 0.1) is 0 Å². The van der Waals surface area contributed by atoms with Gasteiger partial charge in [-0.3, -0.25) is 0 Å². The molecule has 0 amide bonds. The van der Waals surface area contributed by atoms with Crippen molar-refractivity contribution in [3.8, 4) is 0 Å². The normalized spacial score (nSPS) is 20.2. The first-order valence-corrected chi connectivity index (χ1v) is 7.83. The van der Waals surface area contributed by atoms with Crippen molar-refractivity contribution in [2.75, 3.05) is 6.61 Å². The molecule has 0 saturated carbocycles. The highest BCUT2D eigenvalue weighted by molar-refractivity contribution is 5.49. The minimum absolute atomic E-state index is 0.280. The van der Waals surface area contributed by atoms with Gasteiger partial charge in [0, 0.05) is 0 Å². The maximum absolute atomic E-state index is 5.83. The molecule has 0 aromatic carbocycles. The number of unbranched alkanes of at least 4 members (excludes halogenated alkanes) is 2. The summed E-state index contributed by atoms with van der Waals surface area (Å²) in [5.41, 5.74) is 5.50. The summed E-state index contributed by atoms with van der Waals surface area (Å²) in [6.45, 7) is 13.9. The minimum Gasteiger partial charge on any atom is -0.369 e. The van der Waals surface area contributed by atoms with Crippen LogP contribution < -0.4 is 0 Å². The lowest BCUT2D eigenvalue weighted by Crippen LogP contribution is -2.03. The van der Waals surface area contributed by atoms with Gasteiger partial charge in [-0.1, -0.05) is 39.3 Å². The van der Waals surface area contributed by atoms with E-state index in [1.807, 2.05) is 0 Å². The Morgan fingerprint density at radius 1 is 1.32 bits per heavy atom. The first-order valence-electron chi connectivity index (χ1n) is 7.83. The Morgan fingerprint density at radius 3 is 2.58 bits per heavy atom. The van der Waals surface area contributed by atoms with Crippen molar-refractivity contribution in [1.82, 2.24) is 0 Å². The first kappa shape index (κ1) is 16.2. The fourth-order valence-corrected chi connectivity index (χ4v) is 2.68. The number of allylic oxidation sites excluding steroid dienone is 2. The van der Waals surface area contributed by atoms with Gasteiger partial charge in [0.25, 0.3) is 0 Å². The van der Waals surface area contributed by atoms with E-state index in [9.17, 15) is 0 Å². The Kier molecular flexibility index (Phi) is 7.15. The van der Waals surface area contributed by atoms with Crippen LogP contribution >= 0.6 is 0 Å². The maximum Gasteiger partial charge on any atom is 0.0768 e. The molecule has 1 heteroatoms. The quantitative estimate of drug-likeness (QED) is 0.518. The van der Waals surface area contributed by atoms with Gasteiger partial charge in [-0.05, 0) is 61.8 Å². The second-order valence-corrected chi connectivity index (χ2v) is 5.46. The molecule has 1 nitrogen and oxygen atoms in total. The van der Waals surface area contributed by atoms with Crippen LogP contribution in [0.1, 0.15) is 66.2 Å². The molecule has 0 aromatic heterocycles. The molecule has 1 aliphatic rings. The molecule has 0 fully saturated rings. The third kappa shape index (κ3) is 4.35. The lowest BCUT2D eigenvalue weighted by Gasteiger charge is -2.14. The zero-order valence-electron chi connectivity index (χ0n) is 13.2. The molecule has 1 heterocycles. The highest BCUT2D eigenvalue weighted by atomic mass is 16.5. The third-order valence-corrected chi connectivity index (χ3v) is 4.06. The van der Waals surface area contributed by atoms with Crippen molar-refractivity contribution in [2.24, 2.45) is 0 Å². The summed E-state index contributed by atoms with van der Waals surface area (Å²) in [6.07, 6.45) is 9.78. The molecule has 0 saturated heterocycles. The molecule has 0 bridgehead atoms. The molecule has 19 heavy (non-hydrogen) atoms. The standard InChI is InChI=1S/C18H30O/c1-6-9-11-16(8-3)14(4)18-13-19-15(5)17(18)12-10-7-2/h8,15H,4,6-7,9-13H2,1-3,5H3/b16-8+. The minimum atomic E-state index is 0.280. The molecule has 0 radical (unpaired) electrons. The van der Waals surface area contributed by atoms with Crippen molar-refractivity contribution >= 4 is 0 Å². The largest absolute Gasteiger partial charge is 0.369 e. The van der Waals surface area contributed by atoms with Crippen LogP contribution in [-0.2, 0) is 4.74 Å². The van der Waals surface area contributed by atoms with Crippen LogP contribution in [-0.4, -0.2) is 12.7 Å². The van der Waals surface area contributed by atoms with Crippen molar-refractivity contribution in [3.63, 3.8) is 0 Å². The Bertz CT molecular complexity index is 360. The Balaban J connectivity index is 2.84. The molecule has 108 valence electrons. The van der Waals surface area contributed by atoms with E-state index in [0.29, 0.717) is 0 Å². The van der Waals surface area contributed by atoms with Gasteiger partial charge in [-0.2, -0.15) is 0 Å². The van der Waals surface area contributed by atoms with Crippen LogP contribution in [0.4, 0.5) is 0 Å². The summed E-state index contributed by atoms with van der Waals surface area (Å²) in [7, 11) is 0. The Morgan fingerprint density at radius 2 is 2.00 bits per heavy atom. The van der Waals surface area contributed by atoms with E-state index in [-0.39, 0.29) is 6.10 Å². The summed E-state index contributed by atoms with van der Waals surface area (Å²) in [6, 6.07) is 0. The van der Waals surface area contributed by atoms with Gasteiger partial charge in [0.05, 0.1) is 12.7 Å². The molecule has 1 rings (SSSR count). The number of rotatable bonds is 8. The fraction of sp³-hybridized carbons (Fsp3) is 0.667. The van der Waals surface area contributed by atoms with Crippen LogP contribution in [0.2, 0.25) is 0 Å². The van der Waals surface area contributed by atoms with E-state index in [1.54, 1.807) is 0 Å². The predicted octanol–water partition coefficient (Wildman–Crippen LogP) is 5.58. The van der Waals surface area contributed by atoms with Crippen molar-refractivity contribution in [3.05, 3.63) is 34.9 Å². The van der Waals surface area contributed by atoms with Gasteiger partial charge in [0.15, 0.2) is 0 Å². The van der Waals surface area contributed by atoms with Gasteiger partial charge in [0.2, 0.25) is 0 Å². The van der Waals surface area contributed by atoms with Crippen molar-refractivity contribution in [1.29, 1.82) is 0 Å². The van der Waals surface area contributed by atoms with Gasteiger partial charge < -0.3 is 4.74 Å². The number of hydrogen-bond acceptors (Lipinski definition) is 1. The van der Waals surface area contributed by atoms with Gasteiger partial charge in [0.1, 0.15) is 0 Å². The summed E-state index contributed by atoms with van der Waals surface area (Å²) in [5, 5.41) is 0. The molecular formula is C18H30O. The van der Waals surface area contributed by atoms with Crippen LogP contribution in [0.25, 0.3) is 0 Å². The Hall–Kier alpha value is -0.820. The van der Waals surface area contributed by atoms with Crippen LogP contribution in [0.5, 0.6) is 0 Å². The molecule has 0 aromatic rings. The van der Waals surface area contributed by atoms with Gasteiger partial charge >= 0.3 is 0 Å². The summed E-state index contributed by atoms with van der Waals surface area (Å²) >= 11 is 0. The van der Waals surface area contributed by atoms with Crippen LogP contribution in [0.15, 0.2) is 34.9 Å². The molecular weight excluding hydrogens is 232 g/mol. The first-order chi connectivity index (χ1) is 9.15. The van der Waals surface area contributed by atoms with Crippen molar-refractivity contribution in [2.45, 2.75) is 72.3 Å². The molecule has 1 aliphatic heterocycles. The van der Waals surface area contributed by atoms with Crippen LogP contribution in [0.3, 0.4) is 0 Å². The summed E-state index contributed by atoms with van der Waals surface area (Å²) < 4.78 is 5.83. The second kappa shape index (κ2) is 8.37. The fourth-order valence-electron chi connectivity index (χ4n) is 2.68. The van der Waals surface area contributed by atoms with Crippen molar-refractivity contribution < 1.29 is 4.74 Å². The average molecular weight is 262 g/mol. The van der Waals surface area contributed by atoms with E-state index in [2.05, 4.69) is 40.3 Å². The molecule has 0 N–H and O–H groups in total. The smallest absolute Gasteiger partial charge is 0.0768 e. The molecule has 1 unspecified atom stereocenters. The SMILES string of the molecule is C=C(C1=C(CCCC)C(C)OC1)/C(=C/C)CCCC. The zero-order valence-corrected chi connectivity index (χ0v) is 13.2. The zero-order chi connectivity index (χ0) is 14.3. The summed E-state index contributed by atoms with van der Waals surface area (Å²) in [4.78, 5) is 0. The molecule has 0 spiro atoms. The topological polar surface area (TPSA) is 9.23 Å². The monoisotopic (exact) mass is 262 g/mol. The molecule has 0 aliphatic carbocycles. The van der Waals surface area contributed by atoms with E-state index in [0.717, 1.165) is 19.4 Å². The second-order valence-electron chi connectivity index (χ2n) is 5.46. The highest BCUT2D eigenvalue weighted by Crippen LogP contribution is 2.33. The van der Waals surface area contributed by atoms with Gasteiger partial charge in [-0.25, -0.2) is 0 Å². The molecule has 1 atom stereocenters. The maximum atomic E-state index is 5.83. The summed E-state index contributed by atoms with van der Waals surface area (Å²) in [5.74, 6) is 0. The van der Waals surface area contributed by atoms with Gasteiger partial charge in [-0.15, -0.1) is 0 Å². The Labute approximate surface area is 119 Å². The third-order valence-electron chi connectivity index (χ3n) is 4.06.